The highest BCUT2D eigenvalue weighted by molar-refractivity contribution is 6.39. The van der Waals surface area contributed by atoms with Crippen molar-refractivity contribution in [2.24, 2.45) is 41.4 Å². The van der Waals surface area contributed by atoms with Crippen LogP contribution in [0.2, 0.25) is 0 Å². The first kappa shape index (κ1) is 72.2. The second-order valence-electron chi connectivity index (χ2n) is 27.1. The summed E-state index contributed by atoms with van der Waals surface area (Å²) < 4.78 is 36.5. The maximum absolute atomic E-state index is 14.8. The van der Waals surface area contributed by atoms with Crippen molar-refractivity contribution in [3.63, 3.8) is 0 Å². The number of nitrogens with zero attached hydrogens (tertiary/aromatic N) is 7. The largest absolute Gasteiger partial charge is 0.460 e. The molecule has 93 heavy (non-hydrogen) atoms. The smallest absolute Gasteiger partial charge is 0.329 e. The van der Waals surface area contributed by atoms with E-state index in [1.165, 1.54) is 25.1 Å². The van der Waals surface area contributed by atoms with Crippen LogP contribution in [0.5, 0.6) is 0 Å². The molecule has 3 saturated heterocycles. The maximum Gasteiger partial charge on any atom is 0.329 e. The van der Waals surface area contributed by atoms with Gasteiger partial charge < -0.3 is 59.1 Å². The highest BCUT2D eigenvalue weighted by Crippen LogP contribution is 2.39. The van der Waals surface area contributed by atoms with Gasteiger partial charge in [-0.15, -0.1) is 0 Å². The zero-order valence-electron chi connectivity index (χ0n) is 56.3. The fourth-order valence-electron chi connectivity index (χ4n) is 14.2. The number of esters is 2. The number of piperazine rings is 1. The zero-order valence-corrected chi connectivity index (χ0v) is 56.3. The minimum absolute atomic E-state index is 0.00591. The Morgan fingerprint density at radius 3 is 2.18 bits per heavy atom. The van der Waals surface area contributed by atoms with Crippen molar-refractivity contribution in [1.82, 2.24) is 24.8 Å². The lowest BCUT2D eigenvalue weighted by atomic mass is 9.78. The standard InChI is InChI=1S/C70H100N8O15/c1-40-17-13-12-14-18-41(2)57(88-9)36-51-23-20-46(7)70(87,93-51)63(83)65(84)78-26-16-15-19-54(78)67(86)92-58(37-55(80)42(3)32-45(6)61(82)62(90-11)60(81)44(5)31-40)43(4)33-48-21-25-56(59(34-48)89-10)91-66(85)49-22-24-53-50(35-49)38-72-68(74-53)76-27-29-77(30-28-76)69-73-39-52(47(8)79)64(71)75-69/h12-14,17-18,32,38-40,42-44,46,48-49,51,54,56-59,61-62,82,87H,15-16,19-31,33-37H2,1-11H3,(H2,71,73,75)/b14-12+,17-13+,41-18+,45-32+/t40-,42-,43-,44-,46-,48+,49?,51+,54+,56-,57+,58+,59-,61-,62+,70-/m1/s1. The number of ether oxygens (including phenoxy) is 6. The van der Waals surface area contributed by atoms with Crippen LogP contribution in [0.25, 0.3) is 0 Å². The summed E-state index contributed by atoms with van der Waals surface area (Å²) >= 11 is 0. The number of rotatable bonds is 11. The third kappa shape index (κ3) is 17.8. The van der Waals surface area contributed by atoms with Crippen molar-refractivity contribution >= 4 is 58.7 Å². The molecule has 23 heteroatoms. The van der Waals surface area contributed by atoms with Crippen LogP contribution in [-0.4, -0.2) is 185 Å². The molecule has 0 aromatic carbocycles. The van der Waals surface area contributed by atoms with E-state index >= 15 is 0 Å². The van der Waals surface area contributed by atoms with Crippen molar-refractivity contribution in [2.75, 3.05) is 69.6 Å². The van der Waals surface area contributed by atoms with Gasteiger partial charge in [0.05, 0.1) is 29.8 Å². The summed E-state index contributed by atoms with van der Waals surface area (Å²) in [7, 11) is 4.54. The van der Waals surface area contributed by atoms with E-state index in [1.807, 2.05) is 69.2 Å². The van der Waals surface area contributed by atoms with Crippen LogP contribution >= 0.6 is 0 Å². The molecular weight excluding hydrogens is 1190 g/mol. The van der Waals surface area contributed by atoms with Crippen molar-refractivity contribution in [1.29, 1.82) is 0 Å². The number of carbonyl (C=O) groups is 7. The predicted octanol–water partition coefficient (Wildman–Crippen LogP) is 7.23. The molecular formula is C70H100N8O15. The Morgan fingerprint density at radius 2 is 1.51 bits per heavy atom. The van der Waals surface area contributed by atoms with E-state index in [-0.39, 0.29) is 60.4 Å². The van der Waals surface area contributed by atoms with E-state index in [0.29, 0.717) is 133 Å². The maximum atomic E-state index is 14.8. The fourth-order valence-corrected chi connectivity index (χ4v) is 14.2. The molecule has 1 unspecified atom stereocenters. The summed E-state index contributed by atoms with van der Waals surface area (Å²) in [4.78, 5) is 122. The summed E-state index contributed by atoms with van der Waals surface area (Å²) in [5.41, 5.74) is 9.35. The molecule has 8 rings (SSSR count). The van der Waals surface area contributed by atoms with E-state index < -0.39 is 102 Å². The number of carbonyl (C=O) groups excluding carboxylic acids is 7. The van der Waals surface area contributed by atoms with Crippen LogP contribution < -0.4 is 15.5 Å². The summed E-state index contributed by atoms with van der Waals surface area (Å²) in [6.07, 6.45) is 15.1. The summed E-state index contributed by atoms with van der Waals surface area (Å²) in [6.45, 7) is 16.5. The number of aliphatic hydroxyl groups excluding tert-OH is 1. The molecule has 1 saturated carbocycles. The van der Waals surface area contributed by atoms with Gasteiger partial charge in [-0.3, -0.25) is 28.8 Å². The average Bonchev–Trinajstić information content (AvgIpc) is 0.895. The number of methoxy groups -OCH3 is 3. The summed E-state index contributed by atoms with van der Waals surface area (Å²) in [6, 6.07) is -1.20. The number of aromatic nitrogens is 4. The lowest BCUT2D eigenvalue weighted by molar-refractivity contribution is -0.265. The van der Waals surface area contributed by atoms with Gasteiger partial charge in [-0.1, -0.05) is 71.1 Å². The van der Waals surface area contributed by atoms with Crippen LogP contribution in [0.4, 0.5) is 17.7 Å². The molecule has 2 aliphatic carbocycles. The molecule has 4 aliphatic heterocycles. The molecule has 6 heterocycles. The average molecular weight is 1290 g/mol. The molecule has 4 fully saturated rings. The Kier molecular flexibility index (Phi) is 25.4. The second-order valence-corrected chi connectivity index (χ2v) is 27.1. The normalized spacial score (nSPS) is 34.2. The number of Topliss-reactive ketones (excluding diaryl/α,β-unsaturated/α-hetero) is 4. The van der Waals surface area contributed by atoms with Crippen LogP contribution in [0, 0.1) is 41.4 Å². The number of fused-ring (bicyclic) bond motifs is 4. The van der Waals surface area contributed by atoms with Gasteiger partial charge in [0.25, 0.3) is 11.7 Å². The lowest BCUT2D eigenvalue weighted by Gasteiger charge is -2.42. The molecule has 6 aliphatic rings. The number of hydrogen-bond acceptors (Lipinski definition) is 22. The zero-order chi connectivity index (χ0) is 67.4. The van der Waals surface area contributed by atoms with Gasteiger partial charge in [0.1, 0.15) is 42.1 Å². The van der Waals surface area contributed by atoms with E-state index in [2.05, 4.69) is 14.9 Å². The fraction of sp³-hybridized carbons (Fsp3) is 0.671. The molecule has 16 atom stereocenters. The molecule has 1 amide bonds. The Labute approximate surface area is 547 Å². The first-order valence-electron chi connectivity index (χ1n) is 33.5. The number of nitrogen functional groups attached to an aromatic ring is 1. The molecule has 4 N–H and O–H groups in total. The van der Waals surface area contributed by atoms with E-state index in [4.69, 9.17) is 44.1 Å². The number of aryl methyl sites for hydroxylation is 1. The molecule has 23 nitrogen and oxygen atoms in total. The van der Waals surface area contributed by atoms with Crippen LogP contribution in [0.1, 0.15) is 160 Å². The molecule has 0 radical (unpaired) electrons. The van der Waals surface area contributed by atoms with E-state index in [1.54, 1.807) is 41.1 Å². The topological polar surface area (TPSA) is 303 Å². The first-order valence-corrected chi connectivity index (χ1v) is 33.5. The van der Waals surface area contributed by atoms with Gasteiger partial charge in [0, 0.05) is 103 Å². The van der Waals surface area contributed by atoms with Crippen molar-refractivity contribution in [3.05, 3.63) is 76.8 Å². The van der Waals surface area contributed by atoms with Crippen molar-refractivity contribution < 1.29 is 72.2 Å². The second kappa shape index (κ2) is 32.7. The highest BCUT2D eigenvalue weighted by atomic mass is 16.6. The number of hydrogen-bond donors (Lipinski definition) is 3. The summed E-state index contributed by atoms with van der Waals surface area (Å²) in [5, 5.41) is 23.8. The quantitative estimate of drug-likeness (QED) is 0.0865. The Bertz CT molecular complexity index is 3130. The Hall–Kier alpha value is -6.63. The minimum atomic E-state index is -2.47. The lowest BCUT2D eigenvalue weighted by Crippen LogP contribution is -2.61. The predicted molar refractivity (Wildman–Crippen MR) is 347 cm³/mol. The van der Waals surface area contributed by atoms with Gasteiger partial charge >= 0.3 is 11.9 Å². The number of piperidine rings is 1. The van der Waals surface area contributed by atoms with Crippen LogP contribution in [0.3, 0.4) is 0 Å². The third-order valence-corrected chi connectivity index (χ3v) is 20.2. The van der Waals surface area contributed by atoms with Crippen LogP contribution in [0.15, 0.2) is 60.0 Å². The van der Waals surface area contributed by atoms with Crippen molar-refractivity contribution in [2.45, 2.75) is 206 Å². The Morgan fingerprint density at radius 1 is 0.796 bits per heavy atom. The van der Waals surface area contributed by atoms with E-state index in [9.17, 15) is 43.8 Å². The van der Waals surface area contributed by atoms with Gasteiger partial charge in [-0.05, 0) is 139 Å². The minimum Gasteiger partial charge on any atom is -0.460 e. The van der Waals surface area contributed by atoms with Crippen molar-refractivity contribution in [3.8, 4) is 0 Å². The molecule has 2 bridgehead atoms. The van der Waals surface area contributed by atoms with E-state index in [0.717, 1.165) is 16.8 Å². The highest BCUT2D eigenvalue weighted by Gasteiger charge is 2.53. The molecule has 2 aromatic heterocycles. The van der Waals surface area contributed by atoms with Gasteiger partial charge in [-0.2, -0.15) is 4.98 Å². The molecule has 510 valence electrons. The number of nitrogens with two attached hydrogens (primary N) is 1. The van der Waals surface area contributed by atoms with Crippen LogP contribution in [-0.2, 0) is 70.0 Å². The molecule has 0 spiro atoms. The monoisotopic (exact) mass is 1290 g/mol. The number of anilines is 3. The summed E-state index contributed by atoms with van der Waals surface area (Å²) in [5.74, 6) is -8.21. The SMILES string of the molecule is CO[C@H]1C[C@@H]2CC[C@@H](C)[C@@](O)(O2)C(=O)C(=O)N2CCCC[C@H]2C(=O)O[C@H]([C@H](C)C[C@@H]2CC[C@@H](OC(=O)C3CCc4nc(N5CCN(c6ncc(C(C)=O)c(N)n6)CC5)ncc4C3)[C@H](OC)C2)CC(=O)[C@H](C)/C=C(\C)[C@@H](O)[C@@H](OC)C(=O)[C@H](C)C[C@H](C)/C=C/C=C/C=C/1C. The number of aliphatic hydroxyl groups is 2. The van der Waals surface area contributed by atoms with Gasteiger partial charge in [0.15, 0.2) is 11.6 Å². The molecule has 2 aromatic rings. The number of amides is 1. The Balaban J connectivity index is 0.949. The van der Waals surface area contributed by atoms with Gasteiger partial charge in [0.2, 0.25) is 17.7 Å². The number of cyclic esters (lactones) is 1. The third-order valence-electron chi connectivity index (χ3n) is 20.2. The number of ketones is 4. The van der Waals surface area contributed by atoms with Gasteiger partial charge in [-0.25, -0.2) is 19.7 Å². The first-order chi connectivity index (χ1) is 44.3. The number of allylic oxidation sites excluding steroid dienone is 6.